The third kappa shape index (κ3) is 5.34. The number of piperidine rings is 2. The molecule has 2 heterocycles. The standard InChI is InChI=1S/C24H38N4O2/c1-16(2)22(26-23(29)20-6-5-17(3)21(25)15-20)24(30)28-13-9-19(10-14-28)18-7-11-27(4)12-8-18/h5-6,15-16,18-19,22H,7-14,25H2,1-4H3,(H,26,29)/t22-/m1/s1. The maximum atomic E-state index is 13.2. The summed E-state index contributed by atoms with van der Waals surface area (Å²) in [5, 5.41) is 2.96. The van der Waals surface area contributed by atoms with E-state index in [9.17, 15) is 9.59 Å². The van der Waals surface area contributed by atoms with E-state index in [1.807, 2.05) is 31.7 Å². The normalized spacial score (nSPS) is 20.4. The quantitative estimate of drug-likeness (QED) is 0.726. The van der Waals surface area contributed by atoms with E-state index in [0.29, 0.717) is 11.3 Å². The summed E-state index contributed by atoms with van der Waals surface area (Å²) in [4.78, 5) is 30.4. The van der Waals surface area contributed by atoms with Gasteiger partial charge in [0, 0.05) is 24.3 Å². The van der Waals surface area contributed by atoms with Crippen LogP contribution in [0.3, 0.4) is 0 Å². The van der Waals surface area contributed by atoms with Crippen LogP contribution in [0.2, 0.25) is 0 Å². The van der Waals surface area contributed by atoms with Crippen molar-refractivity contribution in [2.75, 3.05) is 39.0 Å². The largest absolute Gasteiger partial charge is 0.398 e. The van der Waals surface area contributed by atoms with Gasteiger partial charge in [0.2, 0.25) is 5.91 Å². The minimum absolute atomic E-state index is 0.0239. The van der Waals surface area contributed by atoms with Crippen LogP contribution in [0, 0.1) is 24.7 Å². The molecule has 2 saturated heterocycles. The van der Waals surface area contributed by atoms with Crippen molar-refractivity contribution in [1.29, 1.82) is 0 Å². The van der Waals surface area contributed by atoms with Gasteiger partial charge in [0.1, 0.15) is 6.04 Å². The van der Waals surface area contributed by atoms with Gasteiger partial charge in [-0.2, -0.15) is 0 Å². The Kier molecular flexibility index (Phi) is 7.40. The second kappa shape index (κ2) is 9.82. The second-order valence-corrected chi connectivity index (χ2v) is 9.57. The number of benzene rings is 1. The lowest BCUT2D eigenvalue weighted by Gasteiger charge is -2.40. The molecule has 0 bridgehead atoms. The molecular weight excluding hydrogens is 376 g/mol. The summed E-state index contributed by atoms with van der Waals surface area (Å²) >= 11 is 0. The fourth-order valence-corrected chi connectivity index (χ4v) is 4.81. The molecule has 2 amide bonds. The van der Waals surface area contributed by atoms with Crippen LogP contribution < -0.4 is 11.1 Å². The first-order chi connectivity index (χ1) is 14.3. The van der Waals surface area contributed by atoms with E-state index in [0.717, 1.165) is 43.3 Å². The molecule has 0 aliphatic carbocycles. The van der Waals surface area contributed by atoms with Gasteiger partial charge in [-0.25, -0.2) is 0 Å². The minimum Gasteiger partial charge on any atom is -0.398 e. The van der Waals surface area contributed by atoms with Crippen LogP contribution in [0.1, 0.15) is 55.5 Å². The van der Waals surface area contributed by atoms with Gasteiger partial charge in [-0.1, -0.05) is 19.9 Å². The molecule has 1 atom stereocenters. The summed E-state index contributed by atoms with van der Waals surface area (Å²) in [6.07, 6.45) is 4.71. The summed E-state index contributed by atoms with van der Waals surface area (Å²) in [6, 6.07) is 4.76. The predicted octanol–water partition coefficient (Wildman–Crippen LogP) is 2.91. The lowest BCUT2D eigenvalue weighted by molar-refractivity contribution is -0.136. The Morgan fingerprint density at radius 2 is 1.60 bits per heavy atom. The number of hydrogen-bond acceptors (Lipinski definition) is 4. The molecule has 3 rings (SSSR count). The molecule has 0 unspecified atom stereocenters. The first kappa shape index (κ1) is 22.6. The van der Waals surface area contributed by atoms with Gasteiger partial charge < -0.3 is 20.9 Å². The second-order valence-electron chi connectivity index (χ2n) is 9.57. The topological polar surface area (TPSA) is 78.7 Å². The van der Waals surface area contributed by atoms with E-state index in [1.165, 1.54) is 25.9 Å². The number of aryl methyl sites for hydroxylation is 1. The van der Waals surface area contributed by atoms with Crippen molar-refractivity contribution in [3.05, 3.63) is 29.3 Å². The number of rotatable bonds is 5. The van der Waals surface area contributed by atoms with Gasteiger partial charge in [0.15, 0.2) is 0 Å². The molecule has 0 radical (unpaired) electrons. The summed E-state index contributed by atoms with van der Waals surface area (Å²) in [5.74, 6) is 1.35. The Morgan fingerprint density at radius 3 is 2.13 bits per heavy atom. The fraction of sp³-hybridized carbons (Fsp3) is 0.667. The summed E-state index contributed by atoms with van der Waals surface area (Å²) in [6.45, 7) is 9.85. The average molecular weight is 415 g/mol. The van der Waals surface area contributed by atoms with Crippen LogP contribution in [-0.2, 0) is 4.79 Å². The first-order valence-corrected chi connectivity index (χ1v) is 11.4. The minimum atomic E-state index is -0.514. The highest BCUT2D eigenvalue weighted by Gasteiger charge is 2.34. The molecule has 2 aliphatic heterocycles. The van der Waals surface area contributed by atoms with Crippen molar-refractivity contribution in [1.82, 2.24) is 15.1 Å². The highest BCUT2D eigenvalue weighted by Crippen LogP contribution is 2.32. The van der Waals surface area contributed by atoms with E-state index in [4.69, 9.17) is 5.73 Å². The number of hydrogen-bond donors (Lipinski definition) is 2. The van der Waals surface area contributed by atoms with Crippen LogP contribution in [0.15, 0.2) is 18.2 Å². The zero-order valence-corrected chi connectivity index (χ0v) is 19.0. The SMILES string of the molecule is Cc1ccc(C(=O)N[C@@H](C(=O)N2CCC(C3CCN(C)CC3)CC2)C(C)C)cc1N. The van der Waals surface area contributed by atoms with Gasteiger partial charge >= 0.3 is 0 Å². The van der Waals surface area contributed by atoms with E-state index >= 15 is 0 Å². The maximum absolute atomic E-state index is 13.2. The molecule has 1 aromatic rings. The summed E-state index contributed by atoms with van der Waals surface area (Å²) in [7, 11) is 2.20. The molecule has 0 spiro atoms. The number of likely N-dealkylation sites (tertiary alicyclic amines) is 2. The monoisotopic (exact) mass is 414 g/mol. The lowest BCUT2D eigenvalue weighted by atomic mass is 9.78. The number of nitrogens with two attached hydrogens (primary N) is 1. The fourth-order valence-electron chi connectivity index (χ4n) is 4.81. The first-order valence-electron chi connectivity index (χ1n) is 11.4. The van der Waals surface area contributed by atoms with Crippen LogP contribution >= 0.6 is 0 Å². The number of nitrogens with one attached hydrogen (secondary N) is 1. The molecule has 0 aromatic heterocycles. The molecule has 6 heteroatoms. The van der Waals surface area contributed by atoms with Crippen molar-refractivity contribution >= 4 is 17.5 Å². The third-order valence-corrected chi connectivity index (χ3v) is 7.04. The molecule has 2 fully saturated rings. The van der Waals surface area contributed by atoms with Crippen LogP contribution in [0.25, 0.3) is 0 Å². The Morgan fingerprint density at radius 1 is 1.03 bits per heavy atom. The number of carbonyl (C=O) groups excluding carboxylic acids is 2. The van der Waals surface area contributed by atoms with Crippen molar-refractivity contribution in [2.24, 2.45) is 17.8 Å². The summed E-state index contributed by atoms with van der Waals surface area (Å²) in [5.41, 5.74) is 7.98. The molecule has 6 nitrogen and oxygen atoms in total. The van der Waals surface area contributed by atoms with Gasteiger partial charge in [0.25, 0.3) is 5.91 Å². The molecule has 0 saturated carbocycles. The molecule has 30 heavy (non-hydrogen) atoms. The highest BCUT2D eigenvalue weighted by molar-refractivity contribution is 5.98. The van der Waals surface area contributed by atoms with E-state index in [2.05, 4.69) is 17.3 Å². The van der Waals surface area contributed by atoms with E-state index < -0.39 is 6.04 Å². The number of carbonyl (C=O) groups is 2. The van der Waals surface area contributed by atoms with Crippen molar-refractivity contribution in [3.8, 4) is 0 Å². The van der Waals surface area contributed by atoms with Gasteiger partial charge in [-0.05, 0) is 88.2 Å². The molecular formula is C24H38N4O2. The zero-order chi connectivity index (χ0) is 21.8. The summed E-state index contributed by atoms with van der Waals surface area (Å²) < 4.78 is 0. The number of nitrogen functional groups attached to an aromatic ring is 1. The lowest BCUT2D eigenvalue weighted by Crippen LogP contribution is -2.53. The van der Waals surface area contributed by atoms with E-state index in [1.54, 1.807) is 12.1 Å². The Hall–Kier alpha value is -2.08. The zero-order valence-electron chi connectivity index (χ0n) is 19.0. The number of nitrogens with zero attached hydrogens (tertiary/aromatic N) is 2. The maximum Gasteiger partial charge on any atom is 0.252 e. The molecule has 1 aromatic carbocycles. The molecule has 166 valence electrons. The van der Waals surface area contributed by atoms with Gasteiger partial charge in [0.05, 0.1) is 0 Å². The van der Waals surface area contributed by atoms with Gasteiger partial charge in [-0.3, -0.25) is 9.59 Å². The Labute approximate surface area is 181 Å². The van der Waals surface area contributed by atoms with Gasteiger partial charge in [-0.15, -0.1) is 0 Å². The number of amides is 2. The highest BCUT2D eigenvalue weighted by atomic mass is 16.2. The molecule has 3 N–H and O–H groups in total. The van der Waals surface area contributed by atoms with Crippen LogP contribution in [-0.4, -0.2) is 60.9 Å². The third-order valence-electron chi connectivity index (χ3n) is 7.04. The average Bonchev–Trinajstić information content (AvgIpc) is 2.74. The Bertz CT molecular complexity index is 748. The smallest absolute Gasteiger partial charge is 0.252 e. The van der Waals surface area contributed by atoms with Crippen LogP contribution in [0.4, 0.5) is 5.69 Å². The predicted molar refractivity (Wildman–Crippen MR) is 121 cm³/mol. The molecule has 2 aliphatic rings. The van der Waals surface area contributed by atoms with Crippen molar-refractivity contribution in [3.63, 3.8) is 0 Å². The Balaban J connectivity index is 1.57. The number of anilines is 1. The van der Waals surface area contributed by atoms with Crippen molar-refractivity contribution < 1.29 is 9.59 Å². The van der Waals surface area contributed by atoms with Crippen LogP contribution in [0.5, 0.6) is 0 Å². The van der Waals surface area contributed by atoms with E-state index in [-0.39, 0.29) is 17.7 Å². The van der Waals surface area contributed by atoms with Crippen molar-refractivity contribution in [2.45, 2.75) is 52.5 Å².